The quantitative estimate of drug-likeness (QED) is 0.889. The van der Waals surface area contributed by atoms with Crippen LogP contribution in [0.2, 0.25) is 0 Å². The van der Waals surface area contributed by atoms with Crippen LogP contribution in [0.5, 0.6) is 0 Å². The summed E-state index contributed by atoms with van der Waals surface area (Å²) in [6.07, 6.45) is 2.54. The van der Waals surface area contributed by atoms with Crippen LogP contribution in [-0.4, -0.2) is 18.4 Å². The maximum atomic E-state index is 12.1. The molecule has 3 rings (SSSR count). The topological polar surface area (TPSA) is 58.2 Å². The Morgan fingerprint density at radius 2 is 2.00 bits per heavy atom. The summed E-state index contributed by atoms with van der Waals surface area (Å²) >= 11 is 0. The molecule has 4 nitrogen and oxygen atoms in total. The van der Waals surface area contributed by atoms with E-state index in [1.165, 1.54) is 11.1 Å². The average molecular weight is 322 g/mol. The van der Waals surface area contributed by atoms with E-state index in [0.717, 1.165) is 29.7 Å². The molecule has 0 unspecified atom stereocenters. The van der Waals surface area contributed by atoms with Crippen molar-refractivity contribution < 1.29 is 9.59 Å². The van der Waals surface area contributed by atoms with Crippen LogP contribution in [0.1, 0.15) is 28.7 Å². The van der Waals surface area contributed by atoms with E-state index in [9.17, 15) is 9.59 Å². The molecule has 1 aliphatic rings. The zero-order valence-electron chi connectivity index (χ0n) is 13.9. The molecule has 0 atom stereocenters. The Hall–Kier alpha value is -2.62. The van der Waals surface area contributed by atoms with Gasteiger partial charge in [0.15, 0.2) is 0 Å². The molecular formula is C20H22N2O2. The van der Waals surface area contributed by atoms with Crippen molar-refractivity contribution in [3.8, 4) is 0 Å². The minimum Gasteiger partial charge on any atom is -0.355 e. The van der Waals surface area contributed by atoms with Gasteiger partial charge in [-0.1, -0.05) is 36.4 Å². The number of nitrogens with one attached hydrogen (secondary N) is 2. The van der Waals surface area contributed by atoms with Crippen LogP contribution in [0.25, 0.3) is 0 Å². The van der Waals surface area contributed by atoms with Gasteiger partial charge >= 0.3 is 0 Å². The number of amides is 2. The maximum Gasteiger partial charge on any atom is 0.224 e. The number of fused-ring (bicyclic) bond motifs is 1. The molecule has 124 valence electrons. The lowest BCUT2D eigenvalue weighted by atomic mass is 9.99. The Morgan fingerprint density at radius 3 is 2.83 bits per heavy atom. The van der Waals surface area contributed by atoms with Crippen molar-refractivity contribution in [2.45, 2.75) is 32.6 Å². The number of rotatable bonds is 5. The van der Waals surface area contributed by atoms with Crippen LogP contribution in [0.15, 0.2) is 42.5 Å². The van der Waals surface area contributed by atoms with Crippen molar-refractivity contribution in [2.24, 2.45) is 0 Å². The lowest BCUT2D eigenvalue weighted by Gasteiger charge is -2.17. The van der Waals surface area contributed by atoms with E-state index < -0.39 is 0 Å². The summed E-state index contributed by atoms with van der Waals surface area (Å²) in [5, 5.41) is 5.87. The summed E-state index contributed by atoms with van der Waals surface area (Å²) in [6, 6.07) is 14.1. The van der Waals surface area contributed by atoms with Crippen molar-refractivity contribution in [3.05, 3.63) is 64.7 Å². The highest BCUT2D eigenvalue weighted by Crippen LogP contribution is 2.23. The van der Waals surface area contributed by atoms with Gasteiger partial charge in [0.05, 0.1) is 6.42 Å². The van der Waals surface area contributed by atoms with Gasteiger partial charge in [0.25, 0.3) is 0 Å². The zero-order valence-corrected chi connectivity index (χ0v) is 13.9. The van der Waals surface area contributed by atoms with Crippen LogP contribution in [-0.2, 0) is 28.9 Å². The SMILES string of the molecule is Cc1ccccc1CC(=O)NCCc1ccc2c(c1)CCC(=O)N2. The number of aryl methyl sites for hydroxylation is 2. The number of anilines is 1. The first-order chi connectivity index (χ1) is 11.6. The van der Waals surface area contributed by atoms with E-state index >= 15 is 0 Å². The standard InChI is InChI=1S/C20H22N2O2/c1-14-4-2-3-5-16(14)13-20(24)21-11-10-15-6-8-18-17(12-15)7-9-19(23)22-18/h2-6,8,12H,7,9-11,13H2,1H3,(H,21,24)(H,22,23). The molecule has 0 bridgehead atoms. The normalized spacial score (nSPS) is 13.1. The van der Waals surface area contributed by atoms with E-state index in [1.807, 2.05) is 43.3 Å². The van der Waals surface area contributed by atoms with Crippen molar-refractivity contribution in [3.63, 3.8) is 0 Å². The molecule has 24 heavy (non-hydrogen) atoms. The molecule has 0 aliphatic carbocycles. The fourth-order valence-corrected chi connectivity index (χ4v) is 2.98. The molecule has 2 aromatic rings. The first-order valence-electron chi connectivity index (χ1n) is 8.34. The minimum absolute atomic E-state index is 0.0505. The minimum atomic E-state index is 0.0505. The van der Waals surface area contributed by atoms with E-state index in [2.05, 4.69) is 16.7 Å². The molecule has 0 radical (unpaired) electrons. The van der Waals surface area contributed by atoms with Gasteiger partial charge in [-0.15, -0.1) is 0 Å². The van der Waals surface area contributed by atoms with Gasteiger partial charge in [-0.25, -0.2) is 0 Å². The van der Waals surface area contributed by atoms with E-state index in [4.69, 9.17) is 0 Å². The van der Waals surface area contributed by atoms with Gasteiger partial charge in [0, 0.05) is 18.7 Å². The third-order valence-corrected chi connectivity index (χ3v) is 4.41. The first-order valence-corrected chi connectivity index (χ1v) is 8.34. The molecule has 0 spiro atoms. The van der Waals surface area contributed by atoms with Crippen molar-refractivity contribution in [1.29, 1.82) is 0 Å². The molecule has 4 heteroatoms. The second-order valence-electron chi connectivity index (χ2n) is 6.24. The van der Waals surface area contributed by atoms with Gasteiger partial charge in [0.2, 0.25) is 11.8 Å². The Bertz CT molecular complexity index is 768. The lowest BCUT2D eigenvalue weighted by molar-refractivity contribution is -0.120. The second-order valence-corrected chi connectivity index (χ2v) is 6.24. The molecule has 2 amide bonds. The Balaban J connectivity index is 1.50. The number of hydrogen-bond acceptors (Lipinski definition) is 2. The van der Waals surface area contributed by atoms with Crippen LogP contribution >= 0.6 is 0 Å². The summed E-state index contributed by atoms with van der Waals surface area (Å²) < 4.78 is 0. The molecule has 1 aliphatic heterocycles. The van der Waals surface area contributed by atoms with Crippen molar-refractivity contribution in [2.75, 3.05) is 11.9 Å². The van der Waals surface area contributed by atoms with Crippen LogP contribution in [0.4, 0.5) is 5.69 Å². The second kappa shape index (κ2) is 7.30. The molecule has 2 aromatic carbocycles. The fourth-order valence-electron chi connectivity index (χ4n) is 2.98. The molecular weight excluding hydrogens is 300 g/mol. The van der Waals surface area contributed by atoms with Gasteiger partial charge in [0.1, 0.15) is 0 Å². The molecule has 2 N–H and O–H groups in total. The molecule has 1 heterocycles. The van der Waals surface area contributed by atoms with Gasteiger partial charge < -0.3 is 10.6 Å². The zero-order chi connectivity index (χ0) is 16.9. The Morgan fingerprint density at radius 1 is 1.17 bits per heavy atom. The highest BCUT2D eigenvalue weighted by molar-refractivity contribution is 5.93. The molecule has 0 saturated carbocycles. The predicted molar refractivity (Wildman–Crippen MR) is 95.0 cm³/mol. The number of carbonyl (C=O) groups is 2. The predicted octanol–water partition coefficient (Wildman–Crippen LogP) is 2.78. The number of benzene rings is 2. The fraction of sp³-hybridized carbons (Fsp3) is 0.300. The summed E-state index contributed by atoms with van der Waals surface area (Å²) in [7, 11) is 0. The van der Waals surface area contributed by atoms with Crippen molar-refractivity contribution in [1.82, 2.24) is 5.32 Å². The van der Waals surface area contributed by atoms with Gasteiger partial charge in [-0.3, -0.25) is 9.59 Å². The maximum absolute atomic E-state index is 12.1. The third kappa shape index (κ3) is 4.02. The van der Waals surface area contributed by atoms with Crippen LogP contribution < -0.4 is 10.6 Å². The Kier molecular flexibility index (Phi) is 4.94. The largest absolute Gasteiger partial charge is 0.355 e. The van der Waals surface area contributed by atoms with Crippen LogP contribution in [0.3, 0.4) is 0 Å². The number of hydrogen-bond donors (Lipinski definition) is 2. The summed E-state index contributed by atoms with van der Waals surface area (Å²) in [5.74, 6) is 0.133. The first kappa shape index (κ1) is 16.2. The molecule has 0 saturated heterocycles. The van der Waals surface area contributed by atoms with Crippen LogP contribution in [0, 0.1) is 6.92 Å². The monoisotopic (exact) mass is 322 g/mol. The van der Waals surface area contributed by atoms with E-state index in [1.54, 1.807) is 0 Å². The van der Waals surface area contributed by atoms with E-state index in [0.29, 0.717) is 19.4 Å². The molecule has 0 aromatic heterocycles. The third-order valence-electron chi connectivity index (χ3n) is 4.41. The highest BCUT2D eigenvalue weighted by atomic mass is 16.2. The summed E-state index contributed by atoms with van der Waals surface area (Å²) in [5.41, 5.74) is 5.49. The molecule has 0 fully saturated rings. The van der Waals surface area contributed by atoms with E-state index in [-0.39, 0.29) is 11.8 Å². The smallest absolute Gasteiger partial charge is 0.224 e. The van der Waals surface area contributed by atoms with Crippen molar-refractivity contribution >= 4 is 17.5 Å². The summed E-state index contributed by atoms with van der Waals surface area (Å²) in [4.78, 5) is 23.4. The Labute approximate surface area is 142 Å². The average Bonchev–Trinajstić information content (AvgIpc) is 2.57. The number of carbonyl (C=O) groups excluding carboxylic acids is 2. The summed E-state index contributed by atoms with van der Waals surface area (Å²) in [6.45, 7) is 2.64. The lowest BCUT2D eigenvalue weighted by Crippen LogP contribution is -2.27. The van der Waals surface area contributed by atoms with Gasteiger partial charge in [-0.05, 0) is 48.1 Å². The highest BCUT2D eigenvalue weighted by Gasteiger charge is 2.14. The van der Waals surface area contributed by atoms with Gasteiger partial charge in [-0.2, -0.15) is 0 Å².